The SMILES string of the molecule is NC[C@@H]1C[C@]2(Cl)C(Cl)=C(Cl)[C@]1(Cl)C2(Cl)Cl. The molecule has 2 N–H and O–H groups in total. The molecule has 0 saturated heterocycles. The molecule has 1 nitrogen and oxygen atoms in total. The van der Waals surface area contributed by atoms with Crippen molar-refractivity contribution in [2.45, 2.75) is 20.5 Å². The number of fused-ring (bicyclic) bond motifs is 2. The van der Waals surface area contributed by atoms with Gasteiger partial charge in [0.05, 0.1) is 10.1 Å². The summed E-state index contributed by atoms with van der Waals surface area (Å²) >= 11 is 37.2. The highest BCUT2D eigenvalue weighted by Crippen LogP contribution is 2.73. The molecule has 2 aliphatic rings. The van der Waals surface area contributed by atoms with Gasteiger partial charge in [0.25, 0.3) is 0 Å². The highest BCUT2D eigenvalue weighted by Gasteiger charge is 2.77. The van der Waals surface area contributed by atoms with Crippen LogP contribution in [0.15, 0.2) is 10.1 Å². The van der Waals surface area contributed by atoms with Crippen molar-refractivity contribution in [3.05, 3.63) is 10.1 Å². The molecule has 2 aliphatic carbocycles. The van der Waals surface area contributed by atoms with Crippen LogP contribution in [0.25, 0.3) is 0 Å². The maximum atomic E-state index is 6.39. The predicted molar refractivity (Wildman–Crippen MR) is 67.5 cm³/mol. The van der Waals surface area contributed by atoms with E-state index in [2.05, 4.69) is 0 Å². The molecule has 0 unspecified atom stereocenters. The Morgan fingerprint density at radius 3 is 2.00 bits per heavy atom. The number of allylic oxidation sites excluding steroid dienone is 2. The first kappa shape index (κ1) is 12.9. The summed E-state index contributed by atoms with van der Waals surface area (Å²) < 4.78 is -1.43. The van der Waals surface area contributed by atoms with E-state index in [-0.39, 0.29) is 16.0 Å². The van der Waals surface area contributed by atoms with Crippen molar-refractivity contribution in [1.29, 1.82) is 0 Å². The minimum atomic E-state index is -1.43. The zero-order chi connectivity index (χ0) is 11.6. The molecule has 0 spiro atoms. The molecule has 3 atom stereocenters. The van der Waals surface area contributed by atoms with Gasteiger partial charge in [-0.3, -0.25) is 0 Å². The minimum absolute atomic E-state index is 0.179. The Bertz CT molecular complexity index is 353. The Morgan fingerprint density at radius 2 is 1.67 bits per heavy atom. The summed E-state index contributed by atoms with van der Waals surface area (Å²) in [5, 5.41) is 0.447. The van der Waals surface area contributed by atoms with Gasteiger partial charge in [-0.05, 0) is 13.0 Å². The predicted octanol–water partition coefficient (Wildman–Crippen LogP) is 3.80. The molecule has 0 aromatic heterocycles. The molecular weight excluding hydrogens is 323 g/mol. The molecule has 7 heteroatoms. The molecule has 0 amide bonds. The van der Waals surface area contributed by atoms with Crippen LogP contribution in [-0.2, 0) is 0 Å². The summed E-state index contributed by atoms with van der Waals surface area (Å²) in [5.74, 6) is -0.179. The third kappa shape index (κ3) is 1.19. The number of rotatable bonds is 1. The topological polar surface area (TPSA) is 26.0 Å². The monoisotopic (exact) mass is 327 g/mol. The van der Waals surface area contributed by atoms with Crippen molar-refractivity contribution in [3.63, 3.8) is 0 Å². The van der Waals surface area contributed by atoms with E-state index in [4.69, 9.17) is 75.3 Å². The molecule has 0 aliphatic heterocycles. The second-order valence-electron chi connectivity index (χ2n) is 3.85. The van der Waals surface area contributed by atoms with Crippen molar-refractivity contribution in [2.75, 3.05) is 6.54 Å². The fourth-order valence-electron chi connectivity index (χ4n) is 2.28. The Labute approximate surface area is 118 Å². The quantitative estimate of drug-likeness (QED) is 0.728. The van der Waals surface area contributed by atoms with Gasteiger partial charge in [0.1, 0.15) is 9.75 Å². The van der Waals surface area contributed by atoms with Gasteiger partial charge in [0.15, 0.2) is 4.33 Å². The Morgan fingerprint density at radius 1 is 1.13 bits per heavy atom. The standard InChI is InChI=1S/C8H7Cl6N/c9-4-5(10)7(12)3(2-15)1-6(4,11)8(7,13)14/h3H,1-2,15H2/t3-,6-,7-/m0/s1. The molecule has 1 fully saturated rings. The van der Waals surface area contributed by atoms with Gasteiger partial charge in [-0.15, -0.1) is 23.2 Å². The summed E-state index contributed by atoms with van der Waals surface area (Å²) in [6.07, 6.45) is 0.427. The minimum Gasteiger partial charge on any atom is -0.330 e. The smallest absolute Gasteiger partial charge is 0.166 e. The van der Waals surface area contributed by atoms with Gasteiger partial charge in [0, 0.05) is 5.92 Å². The van der Waals surface area contributed by atoms with Crippen LogP contribution in [0.3, 0.4) is 0 Å². The molecular formula is C8H7Cl6N. The highest BCUT2D eigenvalue weighted by molar-refractivity contribution is 6.65. The van der Waals surface area contributed by atoms with Gasteiger partial charge < -0.3 is 5.73 Å². The summed E-state index contributed by atoms with van der Waals surface area (Å²) in [6.45, 7) is 0.305. The second kappa shape index (κ2) is 3.47. The van der Waals surface area contributed by atoms with Crippen molar-refractivity contribution in [2.24, 2.45) is 11.7 Å². The van der Waals surface area contributed by atoms with Crippen LogP contribution in [0.4, 0.5) is 0 Å². The number of nitrogens with two attached hydrogens (primary N) is 1. The Hall–Kier alpha value is 1.44. The van der Waals surface area contributed by atoms with Gasteiger partial charge in [-0.25, -0.2) is 0 Å². The van der Waals surface area contributed by atoms with Gasteiger partial charge in [0.2, 0.25) is 0 Å². The summed E-state index contributed by atoms with van der Waals surface area (Å²) in [5.41, 5.74) is 5.61. The van der Waals surface area contributed by atoms with E-state index in [1.807, 2.05) is 0 Å². The first-order valence-electron chi connectivity index (χ1n) is 4.25. The van der Waals surface area contributed by atoms with E-state index < -0.39 is 14.1 Å². The third-order valence-electron chi connectivity index (χ3n) is 3.19. The van der Waals surface area contributed by atoms with Crippen molar-refractivity contribution in [3.8, 4) is 0 Å². The second-order valence-corrected chi connectivity index (χ2v) is 7.18. The van der Waals surface area contributed by atoms with Crippen LogP contribution < -0.4 is 5.73 Å². The van der Waals surface area contributed by atoms with Crippen LogP contribution in [0.5, 0.6) is 0 Å². The average molecular weight is 330 g/mol. The molecule has 86 valence electrons. The van der Waals surface area contributed by atoms with Crippen LogP contribution in [0.2, 0.25) is 0 Å². The fraction of sp³-hybridized carbons (Fsp3) is 0.750. The molecule has 0 aromatic rings. The van der Waals surface area contributed by atoms with Crippen LogP contribution in [0.1, 0.15) is 6.42 Å². The van der Waals surface area contributed by atoms with Crippen LogP contribution in [-0.4, -0.2) is 20.6 Å². The van der Waals surface area contributed by atoms with Gasteiger partial charge >= 0.3 is 0 Å². The van der Waals surface area contributed by atoms with E-state index in [1.165, 1.54) is 0 Å². The molecule has 2 bridgehead atoms. The van der Waals surface area contributed by atoms with Crippen LogP contribution >= 0.6 is 69.6 Å². The molecule has 0 aromatic carbocycles. The van der Waals surface area contributed by atoms with E-state index >= 15 is 0 Å². The molecule has 2 rings (SSSR count). The number of hydrogen-bond donors (Lipinski definition) is 1. The molecule has 0 radical (unpaired) electrons. The van der Waals surface area contributed by atoms with E-state index in [0.717, 1.165) is 0 Å². The fourth-order valence-corrected chi connectivity index (χ4v) is 5.13. The molecule has 1 saturated carbocycles. The van der Waals surface area contributed by atoms with Crippen LogP contribution in [0, 0.1) is 5.92 Å². The molecule has 0 heterocycles. The Balaban J connectivity index is 2.65. The first-order valence-corrected chi connectivity index (χ1v) is 6.52. The maximum Gasteiger partial charge on any atom is 0.166 e. The lowest BCUT2D eigenvalue weighted by atomic mass is 9.92. The first-order chi connectivity index (χ1) is 6.73. The normalized spacial score (nSPS) is 47.8. The van der Waals surface area contributed by atoms with Gasteiger partial charge in [-0.2, -0.15) is 0 Å². The summed E-state index contributed by atoms with van der Waals surface area (Å²) in [6, 6.07) is 0. The summed E-state index contributed by atoms with van der Waals surface area (Å²) in [4.78, 5) is -2.30. The van der Waals surface area contributed by atoms with E-state index in [0.29, 0.717) is 13.0 Å². The summed E-state index contributed by atoms with van der Waals surface area (Å²) in [7, 11) is 0. The zero-order valence-electron chi connectivity index (χ0n) is 7.34. The number of alkyl halides is 4. The molecule has 15 heavy (non-hydrogen) atoms. The lowest BCUT2D eigenvalue weighted by molar-refractivity contribution is 0.475. The largest absolute Gasteiger partial charge is 0.330 e. The highest BCUT2D eigenvalue weighted by atomic mass is 35.5. The zero-order valence-corrected chi connectivity index (χ0v) is 11.9. The Kier molecular flexibility index (Phi) is 2.98. The average Bonchev–Trinajstić information content (AvgIpc) is 2.39. The van der Waals surface area contributed by atoms with Crippen molar-refractivity contribution in [1.82, 2.24) is 0 Å². The van der Waals surface area contributed by atoms with Crippen molar-refractivity contribution < 1.29 is 0 Å². The third-order valence-corrected chi connectivity index (χ3v) is 7.51. The maximum absolute atomic E-state index is 6.39. The lowest BCUT2D eigenvalue weighted by Crippen LogP contribution is -2.45. The van der Waals surface area contributed by atoms with E-state index in [9.17, 15) is 0 Å². The van der Waals surface area contributed by atoms with Gasteiger partial charge in [-0.1, -0.05) is 46.4 Å². The number of halogens is 6. The van der Waals surface area contributed by atoms with E-state index in [1.54, 1.807) is 0 Å². The lowest BCUT2D eigenvalue weighted by Gasteiger charge is -2.33. The number of hydrogen-bond acceptors (Lipinski definition) is 1. The van der Waals surface area contributed by atoms with Crippen molar-refractivity contribution >= 4 is 69.6 Å².